The molecule has 0 spiro atoms. The fourth-order valence-electron chi connectivity index (χ4n) is 3.35. The van der Waals surface area contributed by atoms with E-state index in [4.69, 9.17) is 4.74 Å². The smallest absolute Gasteiger partial charge is 0.338 e. The van der Waals surface area contributed by atoms with Gasteiger partial charge in [0.1, 0.15) is 0 Å². The van der Waals surface area contributed by atoms with Crippen LogP contribution in [0.25, 0.3) is 10.9 Å². The zero-order valence-electron chi connectivity index (χ0n) is 18.2. The average molecular weight is 459 g/mol. The summed E-state index contributed by atoms with van der Waals surface area (Å²) in [5.41, 5.74) is 2.87. The lowest BCUT2D eigenvalue weighted by Crippen LogP contribution is -2.35. The molecular weight excluding hydrogens is 432 g/mol. The second kappa shape index (κ2) is 9.64. The van der Waals surface area contributed by atoms with E-state index in [2.05, 4.69) is 4.98 Å². The minimum Gasteiger partial charge on any atom is -0.462 e. The first-order valence-corrected chi connectivity index (χ1v) is 11.6. The Morgan fingerprint density at radius 2 is 1.75 bits per heavy atom. The second-order valence-electron chi connectivity index (χ2n) is 7.45. The van der Waals surface area contributed by atoms with Crippen LogP contribution in [0.3, 0.4) is 0 Å². The van der Waals surface area contributed by atoms with Crippen molar-refractivity contribution in [2.75, 3.05) is 19.8 Å². The fourth-order valence-corrected chi connectivity index (χ4v) is 4.76. The Hall–Kier alpha value is -3.01. The van der Waals surface area contributed by atoms with Crippen molar-refractivity contribution >= 4 is 26.9 Å². The van der Waals surface area contributed by atoms with Gasteiger partial charge in [0.15, 0.2) is 0 Å². The maximum atomic E-state index is 13.2. The Labute approximate surface area is 186 Å². The van der Waals surface area contributed by atoms with Crippen molar-refractivity contribution in [2.45, 2.75) is 32.2 Å². The van der Waals surface area contributed by atoms with Gasteiger partial charge in [0, 0.05) is 24.2 Å². The van der Waals surface area contributed by atoms with Crippen molar-refractivity contribution < 1.29 is 23.1 Å². The van der Waals surface area contributed by atoms with Gasteiger partial charge < -0.3 is 14.8 Å². The molecule has 0 aliphatic heterocycles. The summed E-state index contributed by atoms with van der Waals surface area (Å²) in [6.45, 7) is 4.99. The van der Waals surface area contributed by atoms with Crippen molar-refractivity contribution in [2.24, 2.45) is 0 Å². The third-order valence-corrected chi connectivity index (χ3v) is 7.09. The number of aliphatic hydroxyl groups excluding tert-OH is 1. The number of fused-ring (bicyclic) bond motifs is 1. The normalized spacial score (nSPS) is 11.8. The highest BCUT2D eigenvalue weighted by molar-refractivity contribution is 7.89. The molecule has 2 aromatic carbocycles. The summed E-state index contributed by atoms with van der Waals surface area (Å²) < 4.78 is 32.3. The predicted molar refractivity (Wildman–Crippen MR) is 121 cm³/mol. The number of aromatic nitrogens is 1. The minimum absolute atomic E-state index is 0.0531. The average Bonchev–Trinajstić information content (AvgIpc) is 2.75. The Morgan fingerprint density at radius 3 is 2.38 bits per heavy atom. The molecule has 3 aromatic rings. The van der Waals surface area contributed by atoms with Crippen LogP contribution in [0.5, 0.6) is 0 Å². The van der Waals surface area contributed by atoms with Gasteiger partial charge in [-0.15, -0.1) is 0 Å². The lowest BCUT2D eigenvalue weighted by atomic mass is 10.1. The minimum atomic E-state index is -4.03. The number of H-pyrrole nitrogens is 1. The van der Waals surface area contributed by atoms with Crippen molar-refractivity contribution in [3.63, 3.8) is 0 Å². The van der Waals surface area contributed by atoms with Gasteiger partial charge >= 0.3 is 5.97 Å². The van der Waals surface area contributed by atoms with Crippen molar-refractivity contribution in [3.05, 3.63) is 75.1 Å². The number of benzene rings is 2. The first kappa shape index (κ1) is 23.6. The van der Waals surface area contributed by atoms with Crippen molar-refractivity contribution in [1.82, 2.24) is 9.29 Å². The molecule has 0 amide bonds. The Balaban J connectivity index is 1.95. The molecule has 0 fully saturated rings. The monoisotopic (exact) mass is 458 g/mol. The third kappa shape index (κ3) is 4.90. The molecule has 0 atom stereocenters. The van der Waals surface area contributed by atoms with Gasteiger partial charge in [0.05, 0.1) is 23.7 Å². The molecule has 0 unspecified atom stereocenters. The number of hydrogen-bond donors (Lipinski definition) is 2. The Morgan fingerprint density at radius 1 is 1.09 bits per heavy atom. The van der Waals surface area contributed by atoms with E-state index in [1.54, 1.807) is 13.0 Å². The van der Waals surface area contributed by atoms with Gasteiger partial charge in [0.2, 0.25) is 10.0 Å². The van der Waals surface area contributed by atoms with Crippen LogP contribution in [0.15, 0.2) is 52.2 Å². The summed E-state index contributed by atoms with van der Waals surface area (Å²) >= 11 is 0. The van der Waals surface area contributed by atoms with Gasteiger partial charge in [-0.25, -0.2) is 13.2 Å². The quantitative estimate of drug-likeness (QED) is 0.501. The molecule has 2 N–H and O–H groups in total. The van der Waals surface area contributed by atoms with E-state index in [1.165, 1.54) is 24.3 Å². The molecule has 0 radical (unpaired) electrons. The van der Waals surface area contributed by atoms with Gasteiger partial charge in [-0.3, -0.25) is 4.79 Å². The van der Waals surface area contributed by atoms with Crippen LogP contribution < -0.4 is 5.56 Å². The summed E-state index contributed by atoms with van der Waals surface area (Å²) in [4.78, 5) is 27.2. The lowest BCUT2D eigenvalue weighted by Gasteiger charge is -2.21. The van der Waals surface area contributed by atoms with E-state index in [9.17, 15) is 23.1 Å². The first-order chi connectivity index (χ1) is 15.2. The van der Waals surface area contributed by atoms with Crippen LogP contribution in [-0.2, 0) is 21.3 Å². The number of ether oxygens (including phenoxy) is 1. The molecular formula is C23H26N2O6S. The molecule has 0 aliphatic rings. The maximum Gasteiger partial charge on any atom is 0.338 e. The standard InChI is InChI=1S/C23H26N2O6S/c1-4-31-23(28)17-5-7-20(8-6-17)32(29,30)25(9-10-26)14-19-13-18-11-15(2)16(3)12-21(18)24-22(19)27/h5-8,11-13,26H,4,9-10,14H2,1-3H3,(H,24,27). The van der Waals surface area contributed by atoms with E-state index in [1.807, 2.05) is 26.0 Å². The molecule has 170 valence electrons. The van der Waals surface area contributed by atoms with Crippen LogP contribution in [0.4, 0.5) is 0 Å². The number of nitrogens with zero attached hydrogens (tertiary/aromatic N) is 1. The van der Waals surface area contributed by atoms with E-state index >= 15 is 0 Å². The molecule has 1 heterocycles. The zero-order valence-corrected chi connectivity index (χ0v) is 19.0. The van der Waals surface area contributed by atoms with Crippen LogP contribution in [0.2, 0.25) is 0 Å². The number of sulfonamides is 1. The fraction of sp³-hybridized carbons (Fsp3) is 0.304. The molecule has 0 saturated carbocycles. The highest BCUT2D eigenvalue weighted by Crippen LogP contribution is 2.21. The molecule has 32 heavy (non-hydrogen) atoms. The largest absolute Gasteiger partial charge is 0.462 e. The molecule has 0 aliphatic carbocycles. The molecule has 0 bridgehead atoms. The van der Waals surface area contributed by atoms with Gasteiger partial charge in [-0.1, -0.05) is 0 Å². The van der Waals surface area contributed by atoms with Crippen LogP contribution >= 0.6 is 0 Å². The summed E-state index contributed by atoms with van der Waals surface area (Å²) in [5.74, 6) is -0.545. The molecule has 8 nitrogen and oxygen atoms in total. The van der Waals surface area contributed by atoms with Gasteiger partial charge in [-0.05, 0) is 79.7 Å². The van der Waals surface area contributed by atoms with Crippen LogP contribution in [0, 0.1) is 13.8 Å². The second-order valence-corrected chi connectivity index (χ2v) is 9.39. The number of rotatable bonds is 8. The highest BCUT2D eigenvalue weighted by atomic mass is 32.2. The number of hydrogen-bond acceptors (Lipinski definition) is 6. The topological polar surface area (TPSA) is 117 Å². The summed E-state index contributed by atoms with van der Waals surface area (Å²) in [5, 5.41) is 10.2. The summed E-state index contributed by atoms with van der Waals surface area (Å²) in [7, 11) is -4.03. The van der Waals surface area contributed by atoms with E-state index < -0.39 is 28.2 Å². The first-order valence-electron chi connectivity index (χ1n) is 10.2. The molecule has 0 saturated heterocycles. The van der Waals surface area contributed by atoms with E-state index in [-0.39, 0.29) is 35.7 Å². The van der Waals surface area contributed by atoms with Crippen LogP contribution in [0.1, 0.15) is 34.0 Å². The Bertz CT molecular complexity index is 1300. The summed E-state index contributed by atoms with van der Waals surface area (Å²) in [6, 6.07) is 10.8. The van der Waals surface area contributed by atoms with E-state index in [0.717, 1.165) is 20.8 Å². The van der Waals surface area contributed by atoms with Crippen LogP contribution in [-0.4, -0.2) is 48.5 Å². The Kier molecular flexibility index (Phi) is 7.12. The maximum absolute atomic E-state index is 13.2. The number of aliphatic hydroxyl groups is 1. The number of carbonyl (C=O) groups excluding carboxylic acids is 1. The van der Waals surface area contributed by atoms with Gasteiger partial charge in [0.25, 0.3) is 5.56 Å². The third-order valence-electron chi connectivity index (χ3n) is 5.23. The van der Waals surface area contributed by atoms with Crippen molar-refractivity contribution in [1.29, 1.82) is 0 Å². The number of esters is 1. The van der Waals surface area contributed by atoms with Gasteiger partial charge in [-0.2, -0.15) is 4.31 Å². The molecule has 9 heteroatoms. The number of pyridine rings is 1. The summed E-state index contributed by atoms with van der Waals surface area (Å²) in [6.07, 6.45) is 0. The van der Waals surface area contributed by atoms with Crippen molar-refractivity contribution in [3.8, 4) is 0 Å². The highest BCUT2D eigenvalue weighted by Gasteiger charge is 2.25. The SMILES string of the molecule is CCOC(=O)c1ccc(S(=O)(=O)N(CCO)Cc2cc3cc(C)c(C)cc3[nH]c2=O)cc1. The predicted octanol–water partition coefficient (Wildman–Crippen LogP) is 2.50. The van der Waals surface area contributed by atoms with E-state index in [0.29, 0.717) is 5.52 Å². The number of nitrogens with one attached hydrogen (secondary N) is 1. The number of carbonyl (C=O) groups is 1. The number of aryl methyl sites for hydroxylation is 2. The lowest BCUT2D eigenvalue weighted by molar-refractivity contribution is 0.0526. The molecule has 1 aromatic heterocycles. The zero-order chi connectivity index (χ0) is 23.5. The number of aromatic amines is 1. The molecule has 3 rings (SSSR count).